The normalized spacial score (nSPS) is 10.5. The summed E-state index contributed by atoms with van der Waals surface area (Å²) in [5.74, 6) is 0.933. The Kier molecular flexibility index (Phi) is 3.39. The van der Waals surface area contributed by atoms with Crippen LogP contribution < -0.4 is 4.74 Å². The number of rotatable bonds is 3. The Morgan fingerprint density at radius 1 is 1.33 bits per heavy atom. The van der Waals surface area contributed by atoms with Crippen molar-refractivity contribution >= 4 is 6.08 Å². The summed E-state index contributed by atoms with van der Waals surface area (Å²) in [5.41, 5.74) is 1.14. The maximum Gasteiger partial charge on any atom is 0.126 e. The molecule has 1 aromatic carbocycles. The first-order valence-corrected chi connectivity index (χ1v) is 4.18. The Bertz CT molecular complexity index is 263. The van der Waals surface area contributed by atoms with Crippen molar-refractivity contribution in [2.45, 2.75) is 13.3 Å². The van der Waals surface area contributed by atoms with Gasteiger partial charge in [-0.25, -0.2) is 0 Å². The molecule has 0 N–H and O–H groups in total. The van der Waals surface area contributed by atoms with E-state index < -0.39 is 0 Å². The minimum absolute atomic E-state index is 0.933. The van der Waals surface area contributed by atoms with Crippen LogP contribution in [0.4, 0.5) is 0 Å². The first-order chi connectivity index (χ1) is 5.88. The molecular formula is C11H14O. The predicted molar refractivity (Wildman–Crippen MR) is 52.3 cm³/mol. The van der Waals surface area contributed by atoms with Crippen molar-refractivity contribution in [2.24, 2.45) is 0 Å². The number of methoxy groups -OCH3 is 1. The summed E-state index contributed by atoms with van der Waals surface area (Å²) in [6, 6.07) is 8.00. The van der Waals surface area contributed by atoms with Gasteiger partial charge in [-0.2, -0.15) is 0 Å². The molecule has 1 aromatic rings. The molecule has 0 aromatic heterocycles. The van der Waals surface area contributed by atoms with E-state index in [1.165, 1.54) is 0 Å². The zero-order valence-corrected chi connectivity index (χ0v) is 7.58. The van der Waals surface area contributed by atoms with Gasteiger partial charge >= 0.3 is 0 Å². The largest absolute Gasteiger partial charge is 0.496 e. The van der Waals surface area contributed by atoms with Crippen LogP contribution in [-0.4, -0.2) is 7.11 Å². The molecule has 1 nitrogen and oxygen atoms in total. The van der Waals surface area contributed by atoms with Crippen molar-refractivity contribution in [1.82, 2.24) is 0 Å². The third kappa shape index (κ3) is 2.12. The third-order valence-electron chi connectivity index (χ3n) is 1.67. The quantitative estimate of drug-likeness (QED) is 0.663. The minimum Gasteiger partial charge on any atom is -0.496 e. The Hall–Kier alpha value is -1.24. The molecule has 0 radical (unpaired) electrons. The van der Waals surface area contributed by atoms with E-state index in [4.69, 9.17) is 4.74 Å². The molecule has 64 valence electrons. The van der Waals surface area contributed by atoms with E-state index in [1.54, 1.807) is 7.11 Å². The van der Waals surface area contributed by atoms with Gasteiger partial charge in [-0.05, 0) is 12.5 Å². The summed E-state index contributed by atoms with van der Waals surface area (Å²) in [5, 5.41) is 0. The molecular weight excluding hydrogens is 148 g/mol. The van der Waals surface area contributed by atoms with Crippen molar-refractivity contribution in [3.8, 4) is 5.75 Å². The molecule has 0 amide bonds. The van der Waals surface area contributed by atoms with Gasteiger partial charge in [0.05, 0.1) is 7.11 Å². The standard InChI is InChI=1S/C11H14O/c1-3-4-7-10-8-5-6-9-11(10)12-2/h4-9H,3H2,1-2H3. The van der Waals surface area contributed by atoms with Gasteiger partial charge in [-0.15, -0.1) is 0 Å². The first-order valence-electron chi connectivity index (χ1n) is 4.18. The second kappa shape index (κ2) is 4.60. The molecule has 0 spiro atoms. The number of para-hydroxylation sites is 1. The summed E-state index contributed by atoms with van der Waals surface area (Å²) < 4.78 is 5.19. The second-order valence-corrected chi connectivity index (χ2v) is 2.55. The van der Waals surface area contributed by atoms with Crippen LogP contribution in [0, 0.1) is 0 Å². The van der Waals surface area contributed by atoms with Crippen molar-refractivity contribution < 1.29 is 4.74 Å². The summed E-state index contributed by atoms with van der Waals surface area (Å²) in [4.78, 5) is 0. The molecule has 0 heterocycles. The molecule has 0 aliphatic carbocycles. The highest BCUT2D eigenvalue weighted by Gasteiger charge is 1.94. The number of hydrogen-bond acceptors (Lipinski definition) is 1. The fraction of sp³-hybridized carbons (Fsp3) is 0.273. The lowest BCUT2D eigenvalue weighted by Gasteiger charge is -2.02. The Morgan fingerprint density at radius 2 is 2.08 bits per heavy atom. The third-order valence-corrected chi connectivity index (χ3v) is 1.67. The van der Waals surface area contributed by atoms with Crippen LogP contribution in [0.25, 0.3) is 6.08 Å². The lowest BCUT2D eigenvalue weighted by molar-refractivity contribution is 0.414. The Balaban J connectivity index is 2.89. The van der Waals surface area contributed by atoms with Gasteiger partial charge in [0.15, 0.2) is 0 Å². The maximum atomic E-state index is 5.19. The predicted octanol–water partition coefficient (Wildman–Crippen LogP) is 3.12. The molecule has 0 atom stereocenters. The van der Waals surface area contributed by atoms with Gasteiger partial charge in [0, 0.05) is 5.56 Å². The zero-order chi connectivity index (χ0) is 8.81. The van der Waals surface area contributed by atoms with Gasteiger partial charge in [0.1, 0.15) is 5.75 Å². The van der Waals surface area contributed by atoms with E-state index >= 15 is 0 Å². The topological polar surface area (TPSA) is 9.23 Å². The van der Waals surface area contributed by atoms with E-state index in [9.17, 15) is 0 Å². The van der Waals surface area contributed by atoms with Crippen LogP contribution >= 0.6 is 0 Å². The van der Waals surface area contributed by atoms with Crippen LogP contribution in [0.3, 0.4) is 0 Å². The highest BCUT2D eigenvalue weighted by Crippen LogP contribution is 2.18. The van der Waals surface area contributed by atoms with Crippen molar-refractivity contribution in [3.05, 3.63) is 35.9 Å². The van der Waals surface area contributed by atoms with E-state index in [0.29, 0.717) is 0 Å². The van der Waals surface area contributed by atoms with Crippen LogP contribution in [-0.2, 0) is 0 Å². The second-order valence-electron chi connectivity index (χ2n) is 2.55. The van der Waals surface area contributed by atoms with Crippen LogP contribution in [0.2, 0.25) is 0 Å². The SMILES string of the molecule is CCC=Cc1ccccc1OC. The summed E-state index contributed by atoms with van der Waals surface area (Å²) in [6.45, 7) is 2.12. The van der Waals surface area contributed by atoms with Crippen molar-refractivity contribution in [3.63, 3.8) is 0 Å². The summed E-state index contributed by atoms with van der Waals surface area (Å²) in [7, 11) is 1.69. The Morgan fingerprint density at radius 3 is 2.75 bits per heavy atom. The lowest BCUT2D eigenvalue weighted by atomic mass is 10.2. The highest BCUT2D eigenvalue weighted by atomic mass is 16.5. The number of allylic oxidation sites excluding steroid dienone is 1. The molecule has 1 rings (SSSR count). The maximum absolute atomic E-state index is 5.19. The van der Waals surface area contributed by atoms with E-state index in [-0.39, 0.29) is 0 Å². The van der Waals surface area contributed by atoms with E-state index in [1.807, 2.05) is 24.3 Å². The zero-order valence-electron chi connectivity index (χ0n) is 7.58. The van der Waals surface area contributed by atoms with Crippen LogP contribution in [0.1, 0.15) is 18.9 Å². The number of benzene rings is 1. The van der Waals surface area contributed by atoms with Crippen molar-refractivity contribution in [1.29, 1.82) is 0 Å². The smallest absolute Gasteiger partial charge is 0.126 e. The molecule has 0 fully saturated rings. The van der Waals surface area contributed by atoms with Gasteiger partial charge in [0.2, 0.25) is 0 Å². The van der Waals surface area contributed by atoms with Crippen molar-refractivity contribution in [2.75, 3.05) is 7.11 Å². The van der Waals surface area contributed by atoms with Gasteiger partial charge in [-0.1, -0.05) is 37.3 Å². The fourth-order valence-corrected chi connectivity index (χ4v) is 1.05. The van der Waals surface area contributed by atoms with Crippen LogP contribution in [0.15, 0.2) is 30.3 Å². The molecule has 12 heavy (non-hydrogen) atoms. The molecule has 0 aliphatic rings. The summed E-state index contributed by atoms with van der Waals surface area (Å²) in [6.07, 6.45) is 5.26. The molecule has 0 saturated carbocycles. The van der Waals surface area contributed by atoms with Gasteiger partial charge in [-0.3, -0.25) is 0 Å². The number of ether oxygens (including phenoxy) is 1. The molecule has 1 heteroatoms. The minimum atomic E-state index is 0.933. The average molecular weight is 162 g/mol. The van der Waals surface area contributed by atoms with E-state index in [2.05, 4.69) is 19.1 Å². The monoisotopic (exact) mass is 162 g/mol. The Labute approximate surface area is 73.7 Å². The lowest BCUT2D eigenvalue weighted by Crippen LogP contribution is -1.85. The fourth-order valence-electron chi connectivity index (χ4n) is 1.05. The first kappa shape index (κ1) is 8.85. The molecule has 0 unspecified atom stereocenters. The molecule has 0 bridgehead atoms. The molecule has 0 saturated heterocycles. The average Bonchev–Trinajstić information content (AvgIpc) is 2.15. The van der Waals surface area contributed by atoms with E-state index in [0.717, 1.165) is 17.7 Å². The number of hydrogen-bond donors (Lipinski definition) is 0. The highest BCUT2D eigenvalue weighted by molar-refractivity contribution is 5.56. The van der Waals surface area contributed by atoms with Gasteiger partial charge < -0.3 is 4.74 Å². The van der Waals surface area contributed by atoms with Gasteiger partial charge in [0.25, 0.3) is 0 Å². The van der Waals surface area contributed by atoms with Crippen LogP contribution in [0.5, 0.6) is 5.75 Å². The molecule has 0 aliphatic heterocycles. The summed E-state index contributed by atoms with van der Waals surface area (Å²) >= 11 is 0.